The van der Waals surface area contributed by atoms with Crippen molar-refractivity contribution < 1.29 is 14.7 Å². The van der Waals surface area contributed by atoms with Crippen molar-refractivity contribution in [2.75, 3.05) is 0 Å². The lowest BCUT2D eigenvalue weighted by atomic mass is 10.0. The van der Waals surface area contributed by atoms with Crippen LogP contribution < -0.4 is 5.32 Å². The van der Waals surface area contributed by atoms with Crippen LogP contribution in [0.3, 0.4) is 0 Å². The Hall–Kier alpha value is -2.62. The van der Waals surface area contributed by atoms with Crippen LogP contribution in [-0.2, 0) is 17.6 Å². The number of hydrogen-bond acceptors (Lipinski definition) is 2. The Kier molecular flexibility index (Phi) is 4.65. The molecule has 4 nitrogen and oxygen atoms in total. The number of aryl methyl sites for hydroxylation is 1. The normalized spacial score (nSPS) is 14.8. The van der Waals surface area contributed by atoms with Gasteiger partial charge < -0.3 is 10.4 Å². The molecule has 4 heteroatoms. The molecule has 1 amide bonds. The van der Waals surface area contributed by atoms with E-state index in [1.54, 1.807) is 24.3 Å². The number of carboxylic acids is 1. The smallest absolute Gasteiger partial charge is 0.335 e. The number of amides is 1. The van der Waals surface area contributed by atoms with Crippen molar-refractivity contribution in [1.82, 2.24) is 5.32 Å². The van der Waals surface area contributed by atoms with Crippen LogP contribution in [0.5, 0.6) is 0 Å². The van der Waals surface area contributed by atoms with E-state index in [1.165, 1.54) is 5.56 Å². The van der Waals surface area contributed by atoms with Gasteiger partial charge in [0.15, 0.2) is 0 Å². The highest BCUT2D eigenvalue weighted by molar-refractivity contribution is 5.87. The molecular formula is C20H21NO3. The van der Waals surface area contributed by atoms with Crippen LogP contribution in [0.25, 0.3) is 0 Å². The molecule has 0 radical (unpaired) electrons. The van der Waals surface area contributed by atoms with Crippen molar-refractivity contribution in [1.29, 1.82) is 0 Å². The first kappa shape index (κ1) is 16.2. The summed E-state index contributed by atoms with van der Waals surface area (Å²) < 4.78 is 0. The zero-order valence-electron chi connectivity index (χ0n) is 13.5. The Labute approximate surface area is 141 Å². The molecule has 1 aliphatic rings. The van der Waals surface area contributed by atoms with Gasteiger partial charge in [-0.15, -0.1) is 0 Å². The Morgan fingerprint density at radius 3 is 2.21 bits per heavy atom. The molecule has 1 fully saturated rings. The van der Waals surface area contributed by atoms with Gasteiger partial charge in [0.25, 0.3) is 0 Å². The maximum atomic E-state index is 12.2. The van der Waals surface area contributed by atoms with Crippen LogP contribution in [0.4, 0.5) is 0 Å². The Bertz CT molecular complexity index is 718. The number of carbonyl (C=O) groups is 2. The monoisotopic (exact) mass is 323 g/mol. The van der Waals surface area contributed by atoms with E-state index in [0.717, 1.165) is 24.8 Å². The predicted octanol–water partition coefficient (Wildman–Crippen LogP) is 3.21. The highest BCUT2D eigenvalue weighted by atomic mass is 16.4. The van der Waals surface area contributed by atoms with Gasteiger partial charge >= 0.3 is 5.97 Å². The number of rotatable bonds is 7. The van der Waals surface area contributed by atoms with E-state index in [-0.39, 0.29) is 17.0 Å². The highest BCUT2D eigenvalue weighted by Gasteiger charge is 2.43. The number of aromatic carboxylic acids is 1. The van der Waals surface area contributed by atoms with Gasteiger partial charge in [0.2, 0.25) is 5.91 Å². The van der Waals surface area contributed by atoms with Gasteiger partial charge in [0.05, 0.1) is 5.56 Å². The molecule has 2 N–H and O–H groups in total. The van der Waals surface area contributed by atoms with E-state index in [1.807, 2.05) is 18.2 Å². The fraction of sp³-hybridized carbons (Fsp3) is 0.300. The predicted molar refractivity (Wildman–Crippen MR) is 92.0 cm³/mol. The summed E-state index contributed by atoms with van der Waals surface area (Å²) in [6.07, 6.45) is 3.98. The molecule has 2 aromatic rings. The summed E-state index contributed by atoms with van der Waals surface area (Å²) >= 11 is 0. The lowest BCUT2D eigenvalue weighted by Gasteiger charge is -2.17. The number of carbonyl (C=O) groups excluding carboxylic acids is 1. The first-order chi connectivity index (χ1) is 11.6. The van der Waals surface area contributed by atoms with Gasteiger partial charge in [-0.1, -0.05) is 42.5 Å². The van der Waals surface area contributed by atoms with Crippen molar-refractivity contribution in [2.45, 2.75) is 37.6 Å². The molecule has 24 heavy (non-hydrogen) atoms. The molecule has 0 aliphatic heterocycles. The lowest BCUT2D eigenvalue weighted by molar-refractivity contribution is -0.122. The van der Waals surface area contributed by atoms with E-state index in [9.17, 15) is 9.59 Å². The number of benzene rings is 2. The van der Waals surface area contributed by atoms with Crippen molar-refractivity contribution in [3.63, 3.8) is 0 Å². The van der Waals surface area contributed by atoms with Crippen molar-refractivity contribution in [3.05, 3.63) is 71.3 Å². The summed E-state index contributed by atoms with van der Waals surface area (Å²) in [5.74, 6) is -0.873. The van der Waals surface area contributed by atoms with Crippen LogP contribution >= 0.6 is 0 Å². The standard InChI is InChI=1S/C20H21NO3/c22-18(11-8-15-6-9-17(10-7-15)19(23)24)21-20(12-13-20)14-16-4-2-1-3-5-16/h1-7,9-10H,8,11-14H2,(H,21,22)(H,23,24). The minimum Gasteiger partial charge on any atom is -0.478 e. The summed E-state index contributed by atoms with van der Waals surface area (Å²) in [4.78, 5) is 23.1. The van der Waals surface area contributed by atoms with E-state index < -0.39 is 5.97 Å². The van der Waals surface area contributed by atoms with Crippen LogP contribution in [0, 0.1) is 0 Å². The molecule has 0 unspecified atom stereocenters. The quantitative estimate of drug-likeness (QED) is 0.822. The number of hydrogen-bond donors (Lipinski definition) is 2. The highest BCUT2D eigenvalue weighted by Crippen LogP contribution is 2.38. The Balaban J connectivity index is 1.50. The summed E-state index contributed by atoms with van der Waals surface area (Å²) in [6, 6.07) is 16.9. The second-order valence-electron chi connectivity index (χ2n) is 6.49. The lowest BCUT2D eigenvalue weighted by Crippen LogP contribution is -2.38. The zero-order chi connectivity index (χ0) is 17.0. The van der Waals surface area contributed by atoms with Crippen molar-refractivity contribution in [2.24, 2.45) is 0 Å². The van der Waals surface area contributed by atoms with Gasteiger partial charge in [-0.05, 0) is 48.9 Å². The largest absolute Gasteiger partial charge is 0.478 e. The summed E-state index contributed by atoms with van der Waals surface area (Å²) in [6.45, 7) is 0. The molecule has 1 saturated carbocycles. The molecule has 0 aromatic heterocycles. The third-order valence-electron chi connectivity index (χ3n) is 4.49. The molecule has 2 aromatic carbocycles. The maximum Gasteiger partial charge on any atom is 0.335 e. The average molecular weight is 323 g/mol. The molecule has 0 bridgehead atoms. The summed E-state index contributed by atoms with van der Waals surface area (Å²) in [5.41, 5.74) is 2.43. The van der Waals surface area contributed by atoms with Gasteiger partial charge in [0.1, 0.15) is 0 Å². The molecule has 124 valence electrons. The first-order valence-electron chi connectivity index (χ1n) is 8.24. The molecule has 0 spiro atoms. The molecule has 3 rings (SSSR count). The van der Waals surface area contributed by atoms with Gasteiger partial charge in [-0.2, -0.15) is 0 Å². The van der Waals surface area contributed by atoms with Crippen LogP contribution in [0.15, 0.2) is 54.6 Å². The SMILES string of the molecule is O=C(CCc1ccc(C(=O)O)cc1)NC1(Cc2ccccc2)CC1. The van der Waals surface area contributed by atoms with Crippen LogP contribution in [-0.4, -0.2) is 22.5 Å². The third kappa shape index (κ3) is 4.22. The van der Waals surface area contributed by atoms with Gasteiger partial charge in [0, 0.05) is 12.0 Å². The van der Waals surface area contributed by atoms with E-state index in [2.05, 4.69) is 17.4 Å². The minimum absolute atomic E-state index is 0.0609. The molecular weight excluding hydrogens is 302 g/mol. The topological polar surface area (TPSA) is 66.4 Å². The third-order valence-corrected chi connectivity index (χ3v) is 4.49. The fourth-order valence-electron chi connectivity index (χ4n) is 2.91. The zero-order valence-corrected chi connectivity index (χ0v) is 13.5. The number of nitrogens with one attached hydrogen (secondary N) is 1. The number of carboxylic acid groups (broad SMARTS) is 1. The first-order valence-corrected chi connectivity index (χ1v) is 8.24. The van der Waals surface area contributed by atoms with E-state index >= 15 is 0 Å². The average Bonchev–Trinajstić information content (AvgIpc) is 3.33. The molecule has 0 saturated heterocycles. The van der Waals surface area contributed by atoms with E-state index in [4.69, 9.17) is 5.11 Å². The molecule has 0 atom stereocenters. The Morgan fingerprint density at radius 1 is 0.958 bits per heavy atom. The summed E-state index contributed by atoms with van der Waals surface area (Å²) in [7, 11) is 0. The minimum atomic E-state index is -0.934. The second kappa shape index (κ2) is 6.87. The van der Waals surface area contributed by atoms with Crippen molar-refractivity contribution >= 4 is 11.9 Å². The van der Waals surface area contributed by atoms with Crippen molar-refractivity contribution in [3.8, 4) is 0 Å². The fourth-order valence-corrected chi connectivity index (χ4v) is 2.91. The van der Waals surface area contributed by atoms with Gasteiger partial charge in [-0.3, -0.25) is 4.79 Å². The second-order valence-corrected chi connectivity index (χ2v) is 6.49. The molecule has 0 heterocycles. The van der Waals surface area contributed by atoms with Gasteiger partial charge in [-0.25, -0.2) is 4.79 Å². The maximum absolute atomic E-state index is 12.2. The van der Waals surface area contributed by atoms with Crippen LogP contribution in [0.1, 0.15) is 40.7 Å². The summed E-state index contributed by atoms with van der Waals surface area (Å²) in [5, 5.41) is 12.1. The van der Waals surface area contributed by atoms with Crippen LogP contribution in [0.2, 0.25) is 0 Å². The van der Waals surface area contributed by atoms with E-state index in [0.29, 0.717) is 12.8 Å². The Morgan fingerprint density at radius 2 is 1.62 bits per heavy atom. The molecule has 1 aliphatic carbocycles.